The maximum atomic E-state index is 12.6. The van der Waals surface area contributed by atoms with Crippen LogP contribution in [-0.4, -0.2) is 28.9 Å². The van der Waals surface area contributed by atoms with Crippen LogP contribution in [0.3, 0.4) is 0 Å². The van der Waals surface area contributed by atoms with Crippen LogP contribution >= 0.6 is 0 Å². The molecule has 144 valence electrons. The second kappa shape index (κ2) is 7.90. The van der Waals surface area contributed by atoms with Gasteiger partial charge in [-0.05, 0) is 59.3 Å². The van der Waals surface area contributed by atoms with Gasteiger partial charge in [-0.1, -0.05) is 24.3 Å². The lowest BCUT2D eigenvalue weighted by Gasteiger charge is -2.09. The predicted molar refractivity (Wildman–Crippen MR) is 113 cm³/mol. The molecule has 4 rings (SSSR count). The molecule has 0 bridgehead atoms. The minimum absolute atomic E-state index is 0.202. The van der Waals surface area contributed by atoms with E-state index in [9.17, 15) is 9.90 Å². The van der Waals surface area contributed by atoms with Gasteiger partial charge < -0.3 is 14.4 Å². The van der Waals surface area contributed by atoms with E-state index in [0.717, 1.165) is 22.2 Å². The van der Waals surface area contributed by atoms with Crippen molar-refractivity contribution in [3.63, 3.8) is 0 Å². The number of ether oxygens (including phenoxy) is 1. The molecule has 0 spiro atoms. The highest BCUT2D eigenvalue weighted by Crippen LogP contribution is 2.26. The van der Waals surface area contributed by atoms with Crippen LogP contribution in [0.2, 0.25) is 0 Å². The molecular formula is C23H19N3O3. The number of benzene rings is 3. The number of amides is 1. The van der Waals surface area contributed by atoms with Crippen LogP contribution in [0.4, 0.5) is 0 Å². The summed E-state index contributed by atoms with van der Waals surface area (Å²) in [5.74, 6) is 0.336. The summed E-state index contributed by atoms with van der Waals surface area (Å²) < 4.78 is 7.27. The molecule has 4 aromatic rings. The van der Waals surface area contributed by atoms with E-state index in [0.29, 0.717) is 11.3 Å². The number of hydrazone groups is 1. The van der Waals surface area contributed by atoms with Crippen LogP contribution in [0, 0.1) is 0 Å². The van der Waals surface area contributed by atoms with Gasteiger partial charge in [-0.2, -0.15) is 5.10 Å². The van der Waals surface area contributed by atoms with Gasteiger partial charge in [0.15, 0.2) is 0 Å². The summed E-state index contributed by atoms with van der Waals surface area (Å²) in [6.07, 6.45) is 3.44. The molecule has 0 aliphatic heterocycles. The number of rotatable bonds is 5. The Morgan fingerprint density at radius 1 is 1.03 bits per heavy atom. The second-order valence-electron chi connectivity index (χ2n) is 6.42. The summed E-state index contributed by atoms with van der Waals surface area (Å²) in [4.78, 5) is 12.6. The molecule has 6 heteroatoms. The van der Waals surface area contributed by atoms with Crippen LogP contribution in [0.5, 0.6) is 11.5 Å². The summed E-state index contributed by atoms with van der Waals surface area (Å²) in [5.41, 5.74) is 4.63. The molecule has 2 N–H and O–H groups in total. The average Bonchev–Trinajstić information content (AvgIpc) is 3.21. The molecule has 0 atom stereocenters. The third kappa shape index (κ3) is 3.82. The summed E-state index contributed by atoms with van der Waals surface area (Å²) in [6, 6.07) is 22.0. The largest absolute Gasteiger partial charge is 0.508 e. The van der Waals surface area contributed by atoms with E-state index in [1.807, 2.05) is 53.2 Å². The van der Waals surface area contributed by atoms with Gasteiger partial charge >= 0.3 is 0 Å². The van der Waals surface area contributed by atoms with Crippen LogP contribution in [0.25, 0.3) is 16.5 Å². The van der Waals surface area contributed by atoms with Gasteiger partial charge in [0.1, 0.15) is 11.5 Å². The number of carbonyl (C=O) groups excluding carboxylic acids is 1. The molecule has 0 aliphatic carbocycles. The molecule has 0 radical (unpaired) electrons. The monoisotopic (exact) mass is 385 g/mol. The number of nitrogens with zero attached hydrogens (tertiary/aromatic N) is 2. The van der Waals surface area contributed by atoms with Crippen molar-refractivity contribution < 1.29 is 14.6 Å². The minimum Gasteiger partial charge on any atom is -0.508 e. The number of carbonyl (C=O) groups is 1. The first-order chi connectivity index (χ1) is 14.2. The molecule has 0 aliphatic rings. The molecule has 6 nitrogen and oxygen atoms in total. The van der Waals surface area contributed by atoms with E-state index < -0.39 is 0 Å². The van der Waals surface area contributed by atoms with Gasteiger partial charge in [0.05, 0.1) is 24.6 Å². The zero-order valence-corrected chi connectivity index (χ0v) is 15.7. The van der Waals surface area contributed by atoms with Crippen molar-refractivity contribution in [3.8, 4) is 17.2 Å². The fourth-order valence-corrected chi connectivity index (χ4v) is 3.13. The van der Waals surface area contributed by atoms with Crippen molar-refractivity contribution >= 4 is 22.9 Å². The average molecular weight is 385 g/mol. The lowest BCUT2D eigenvalue weighted by molar-refractivity contribution is 0.0952. The Bertz CT molecular complexity index is 1190. The van der Waals surface area contributed by atoms with Crippen LogP contribution < -0.4 is 10.2 Å². The third-order valence-electron chi connectivity index (χ3n) is 4.58. The standard InChI is InChI=1S/C23H19N3O3/c1-29-22-14-17-6-3-2-5-16(17)13-21(22)23(28)25-24-15-19-7-4-12-26(19)18-8-10-20(27)11-9-18/h2-15,27H,1H3,(H,25,28). The quantitative estimate of drug-likeness (QED) is 0.401. The van der Waals surface area contributed by atoms with Crippen LogP contribution in [0.15, 0.2) is 84.1 Å². The summed E-state index contributed by atoms with van der Waals surface area (Å²) in [7, 11) is 1.54. The van der Waals surface area contributed by atoms with E-state index in [-0.39, 0.29) is 11.7 Å². The van der Waals surface area contributed by atoms with Gasteiger partial charge in [0.2, 0.25) is 0 Å². The van der Waals surface area contributed by atoms with Gasteiger partial charge in [0.25, 0.3) is 5.91 Å². The van der Waals surface area contributed by atoms with Crippen molar-refractivity contribution in [2.75, 3.05) is 7.11 Å². The zero-order valence-electron chi connectivity index (χ0n) is 15.7. The minimum atomic E-state index is -0.355. The number of fused-ring (bicyclic) bond motifs is 1. The third-order valence-corrected chi connectivity index (χ3v) is 4.58. The molecule has 1 heterocycles. The Kier molecular flexibility index (Phi) is 4.99. The lowest BCUT2D eigenvalue weighted by atomic mass is 10.1. The normalized spacial score (nSPS) is 11.1. The van der Waals surface area contributed by atoms with Crippen LogP contribution in [0.1, 0.15) is 16.1 Å². The van der Waals surface area contributed by atoms with Crippen LogP contribution in [-0.2, 0) is 0 Å². The Hall–Kier alpha value is -4.06. The number of aromatic hydroxyl groups is 1. The summed E-state index contributed by atoms with van der Waals surface area (Å²) in [6.45, 7) is 0. The van der Waals surface area contributed by atoms with E-state index in [1.165, 1.54) is 7.11 Å². The molecule has 0 fully saturated rings. The number of hydrogen-bond acceptors (Lipinski definition) is 4. The van der Waals surface area contributed by atoms with Gasteiger partial charge in [-0.15, -0.1) is 0 Å². The Balaban J connectivity index is 1.55. The summed E-state index contributed by atoms with van der Waals surface area (Å²) in [5, 5.41) is 15.5. The molecule has 1 amide bonds. The van der Waals surface area contributed by atoms with Crippen molar-refractivity contribution in [1.82, 2.24) is 9.99 Å². The summed E-state index contributed by atoms with van der Waals surface area (Å²) >= 11 is 0. The first-order valence-electron chi connectivity index (χ1n) is 9.02. The smallest absolute Gasteiger partial charge is 0.275 e. The molecule has 1 aromatic heterocycles. The Morgan fingerprint density at radius 2 is 1.76 bits per heavy atom. The van der Waals surface area contributed by atoms with Crippen molar-refractivity contribution in [2.45, 2.75) is 0 Å². The molecule has 0 unspecified atom stereocenters. The molecule has 3 aromatic carbocycles. The fourth-order valence-electron chi connectivity index (χ4n) is 3.13. The zero-order chi connectivity index (χ0) is 20.2. The first kappa shape index (κ1) is 18.3. The van der Waals surface area contributed by atoms with Crippen molar-refractivity contribution in [3.05, 3.63) is 90.3 Å². The number of aromatic nitrogens is 1. The first-order valence-corrected chi connectivity index (χ1v) is 9.02. The Morgan fingerprint density at radius 3 is 2.48 bits per heavy atom. The number of hydrogen-bond donors (Lipinski definition) is 2. The molecular weight excluding hydrogens is 366 g/mol. The van der Waals surface area contributed by atoms with Crippen molar-refractivity contribution in [2.24, 2.45) is 5.10 Å². The highest BCUT2D eigenvalue weighted by atomic mass is 16.5. The second-order valence-corrected chi connectivity index (χ2v) is 6.42. The molecule has 0 saturated heterocycles. The molecule has 29 heavy (non-hydrogen) atoms. The maximum Gasteiger partial charge on any atom is 0.275 e. The van der Waals surface area contributed by atoms with Gasteiger partial charge in [0, 0.05) is 11.9 Å². The number of nitrogens with one attached hydrogen (secondary N) is 1. The number of phenolic OH excluding ortho intramolecular Hbond substituents is 1. The van der Waals surface area contributed by atoms with Gasteiger partial charge in [-0.25, -0.2) is 5.43 Å². The predicted octanol–water partition coefficient (Wildman–Crippen LogP) is 4.11. The van der Waals surface area contributed by atoms with Gasteiger partial charge in [-0.3, -0.25) is 4.79 Å². The fraction of sp³-hybridized carbons (Fsp3) is 0.0435. The molecule has 0 saturated carbocycles. The highest BCUT2D eigenvalue weighted by molar-refractivity contribution is 6.01. The maximum absolute atomic E-state index is 12.6. The SMILES string of the molecule is COc1cc2ccccc2cc1C(=O)NN=Cc1cccn1-c1ccc(O)cc1. The van der Waals surface area contributed by atoms with E-state index >= 15 is 0 Å². The topological polar surface area (TPSA) is 75.8 Å². The van der Waals surface area contributed by atoms with E-state index in [4.69, 9.17) is 4.74 Å². The highest BCUT2D eigenvalue weighted by Gasteiger charge is 2.13. The van der Waals surface area contributed by atoms with E-state index in [2.05, 4.69) is 10.5 Å². The van der Waals surface area contributed by atoms with E-state index in [1.54, 1.807) is 36.5 Å². The Labute approximate surface area is 167 Å². The van der Waals surface area contributed by atoms with Crippen molar-refractivity contribution in [1.29, 1.82) is 0 Å². The number of phenols is 1. The number of methoxy groups -OCH3 is 1. The lowest BCUT2D eigenvalue weighted by Crippen LogP contribution is -2.18.